The molecular weight excluding hydrogens is 242 g/mol. The van der Waals surface area contributed by atoms with Crippen molar-refractivity contribution in [2.75, 3.05) is 7.05 Å². The molecule has 1 aromatic heterocycles. The highest BCUT2D eigenvalue weighted by Gasteiger charge is 2.21. The fraction of sp³-hybridized carbons (Fsp3) is 0.500. The van der Waals surface area contributed by atoms with Crippen LogP contribution in [0.2, 0.25) is 0 Å². The monoisotopic (exact) mass is 257 g/mol. The molecule has 0 aliphatic rings. The quantitative estimate of drug-likeness (QED) is 0.786. The summed E-state index contributed by atoms with van der Waals surface area (Å²) in [5, 5.41) is 11.3. The highest BCUT2D eigenvalue weighted by atomic mass is 32.1. The fourth-order valence-electron chi connectivity index (χ4n) is 1.36. The number of nitrogens with two attached hydrogens (primary N) is 1. The van der Waals surface area contributed by atoms with Crippen molar-refractivity contribution in [2.45, 2.75) is 25.9 Å². The zero-order valence-corrected chi connectivity index (χ0v) is 10.5. The summed E-state index contributed by atoms with van der Waals surface area (Å²) in [5.74, 6) is -1.47. The van der Waals surface area contributed by atoms with Crippen LogP contribution in [-0.4, -0.2) is 40.0 Å². The second-order valence-corrected chi connectivity index (χ2v) is 4.82. The minimum absolute atomic E-state index is 0.344. The van der Waals surface area contributed by atoms with Crippen LogP contribution in [0, 0.1) is 6.92 Å². The number of thiazole rings is 1. The van der Waals surface area contributed by atoms with Gasteiger partial charge in [-0.2, -0.15) is 0 Å². The second-order valence-electron chi connectivity index (χ2n) is 3.76. The number of nitrogens with zero attached hydrogens (tertiary/aromatic N) is 2. The number of hydrogen-bond donors (Lipinski definition) is 2. The number of aromatic nitrogens is 1. The minimum atomic E-state index is -1.08. The van der Waals surface area contributed by atoms with Gasteiger partial charge in [-0.25, -0.2) is 4.98 Å². The lowest BCUT2D eigenvalue weighted by Gasteiger charge is -2.19. The van der Waals surface area contributed by atoms with Gasteiger partial charge in [0.2, 0.25) is 5.91 Å². The summed E-state index contributed by atoms with van der Waals surface area (Å²) in [4.78, 5) is 27.8. The maximum atomic E-state index is 11.7. The van der Waals surface area contributed by atoms with Gasteiger partial charge < -0.3 is 15.7 Å². The van der Waals surface area contributed by atoms with Crippen molar-refractivity contribution in [2.24, 2.45) is 5.73 Å². The molecule has 17 heavy (non-hydrogen) atoms. The van der Waals surface area contributed by atoms with E-state index in [-0.39, 0.29) is 6.42 Å². The van der Waals surface area contributed by atoms with E-state index in [1.54, 1.807) is 7.05 Å². The van der Waals surface area contributed by atoms with Crippen LogP contribution < -0.4 is 5.73 Å². The van der Waals surface area contributed by atoms with Crippen molar-refractivity contribution in [3.05, 3.63) is 16.1 Å². The third kappa shape index (κ3) is 4.12. The molecule has 0 aliphatic heterocycles. The minimum Gasteiger partial charge on any atom is -0.481 e. The highest BCUT2D eigenvalue weighted by molar-refractivity contribution is 7.09. The Hall–Kier alpha value is -1.47. The van der Waals surface area contributed by atoms with Gasteiger partial charge in [0.1, 0.15) is 0 Å². The van der Waals surface area contributed by atoms with Gasteiger partial charge in [0.25, 0.3) is 0 Å². The first-order chi connectivity index (χ1) is 7.90. The molecule has 0 aliphatic carbocycles. The van der Waals surface area contributed by atoms with E-state index in [1.165, 1.54) is 16.2 Å². The predicted molar refractivity (Wildman–Crippen MR) is 63.6 cm³/mol. The van der Waals surface area contributed by atoms with Crippen molar-refractivity contribution < 1.29 is 14.7 Å². The average molecular weight is 257 g/mol. The summed E-state index contributed by atoms with van der Waals surface area (Å²) in [6.45, 7) is 2.22. The first-order valence-electron chi connectivity index (χ1n) is 5.03. The van der Waals surface area contributed by atoms with Gasteiger partial charge in [-0.3, -0.25) is 9.59 Å². The molecule has 3 N–H and O–H groups in total. The molecule has 1 amide bonds. The number of carboxylic acids is 1. The van der Waals surface area contributed by atoms with Crippen LogP contribution in [0.15, 0.2) is 5.38 Å². The van der Waals surface area contributed by atoms with E-state index in [0.29, 0.717) is 6.54 Å². The van der Waals surface area contributed by atoms with Crippen molar-refractivity contribution in [1.82, 2.24) is 9.88 Å². The topological polar surface area (TPSA) is 96.5 Å². The van der Waals surface area contributed by atoms with Crippen LogP contribution >= 0.6 is 11.3 Å². The van der Waals surface area contributed by atoms with Gasteiger partial charge in [0.15, 0.2) is 0 Å². The van der Waals surface area contributed by atoms with Crippen LogP contribution in [0.1, 0.15) is 17.1 Å². The molecule has 0 radical (unpaired) electrons. The Morgan fingerprint density at radius 3 is 2.76 bits per heavy atom. The van der Waals surface area contributed by atoms with Gasteiger partial charge >= 0.3 is 5.97 Å². The number of rotatable bonds is 5. The second kappa shape index (κ2) is 5.74. The van der Waals surface area contributed by atoms with Gasteiger partial charge in [-0.15, -0.1) is 11.3 Å². The summed E-state index contributed by atoms with van der Waals surface area (Å²) in [6, 6.07) is -1.00. The normalized spacial score (nSPS) is 12.2. The summed E-state index contributed by atoms with van der Waals surface area (Å²) in [7, 11) is 1.58. The number of carboxylic acid groups (broad SMARTS) is 1. The molecule has 94 valence electrons. The van der Waals surface area contributed by atoms with Crippen LogP contribution in [-0.2, 0) is 16.1 Å². The van der Waals surface area contributed by atoms with Crippen LogP contribution in [0.5, 0.6) is 0 Å². The largest absolute Gasteiger partial charge is 0.481 e. The number of hydrogen-bond acceptors (Lipinski definition) is 5. The first kappa shape index (κ1) is 13.6. The average Bonchev–Trinajstić information content (AvgIpc) is 2.61. The zero-order valence-electron chi connectivity index (χ0n) is 9.71. The van der Waals surface area contributed by atoms with E-state index in [1.807, 2.05) is 12.3 Å². The Balaban J connectivity index is 2.55. The maximum Gasteiger partial charge on any atom is 0.305 e. The summed E-state index contributed by atoms with van der Waals surface area (Å²) < 4.78 is 0. The number of carbonyl (C=O) groups excluding carboxylic acids is 1. The van der Waals surface area contributed by atoms with Crippen LogP contribution in [0.25, 0.3) is 0 Å². The molecule has 0 fully saturated rings. The van der Waals surface area contributed by atoms with Crippen LogP contribution in [0.4, 0.5) is 0 Å². The molecule has 7 heteroatoms. The molecule has 1 rings (SSSR count). The summed E-state index contributed by atoms with van der Waals surface area (Å²) >= 11 is 1.50. The van der Waals surface area contributed by atoms with Gasteiger partial charge in [0, 0.05) is 12.4 Å². The summed E-state index contributed by atoms with van der Waals surface area (Å²) in [5.41, 5.74) is 6.27. The molecule has 0 saturated heterocycles. The number of carbonyl (C=O) groups is 2. The van der Waals surface area contributed by atoms with E-state index in [4.69, 9.17) is 10.8 Å². The van der Waals surface area contributed by atoms with Gasteiger partial charge in [0.05, 0.1) is 29.7 Å². The number of aryl methyl sites for hydroxylation is 1. The third-order valence-corrected chi connectivity index (χ3v) is 2.98. The van der Waals surface area contributed by atoms with Gasteiger partial charge in [-0.05, 0) is 6.92 Å². The zero-order chi connectivity index (χ0) is 13.0. The first-order valence-corrected chi connectivity index (χ1v) is 5.91. The fourth-order valence-corrected chi connectivity index (χ4v) is 1.96. The lowest BCUT2D eigenvalue weighted by molar-refractivity contribution is -0.141. The van der Waals surface area contributed by atoms with Crippen molar-refractivity contribution in [3.63, 3.8) is 0 Å². The molecule has 1 unspecified atom stereocenters. The lowest BCUT2D eigenvalue weighted by atomic mass is 10.2. The maximum absolute atomic E-state index is 11.7. The Morgan fingerprint density at radius 2 is 2.29 bits per heavy atom. The Morgan fingerprint density at radius 1 is 1.65 bits per heavy atom. The molecule has 1 atom stereocenters. The third-order valence-electron chi connectivity index (χ3n) is 2.15. The van der Waals surface area contributed by atoms with E-state index in [2.05, 4.69) is 4.98 Å². The van der Waals surface area contributed by atoms with E-state index >= 15 is 0 Å². The van der Waals surface area contributed by atoms with Crippen molar-refractivity contribution in [1.29, 1.82) is 0 Å². The molecule has 0 bridgehead atoms. The Bertz CT molecular complexity index is 419. The van der Waals surface area contributed by atoms with E-state index in [0.717, 1.165) is 10.7 Å². The number of likely N-dealkylation sites (N-methyl/N-ethyl adjacent to an activating group) is 1. The predicted octanol–water partition coefficient (Wildman–Crippen LogP) is 0.212. The van der Waals surface area contributed by atoms with Crippen molar-refractivity contribution in [3.8, 4) is 0 Å². The van der Waals surface area contributed by atoms with Gasteiger partial charge in [-0.1, -0.05) is 0 Å². The van der Waals surface area contributed by atoms with E-state index < -0.39 is 17.9 Å². The SMILES string of the molecule is Cc1nc(CN(C)C(=O)C(N)CC(=O)O)cs1. The molecule has 0 aromatic carbocycles. The van der Waals surface area contributed by atoms with Crippen molar-refractivity contribution >= 4 is 23.2 Å². The summed E-state index contributed by atoms with van der Waals surface area (Å²) in [6.07, 6.45) is -0.362. The Labute approximate surface area is 103 Å². The van der Waals surface area contributed by atoms with E-state index in [9.17, 15) is 9.59 Å². The Kier molecular flexibility index (Phi) is 4.59. The molecular formula is C10H15N3O3S. The molecule has 6 nitrogen and oxygen atoms in total. The standard InChI is InChI=1S/C10H15N3O3S/c1-6-12-7(5-17-6)4-13(2)10(16)8(11)3-9(14)15/h5,8H,3-4,11H2,1-2H3,(H,14,15). The molecule has 0 saturated carbocycles. The highest BCUT2D eigenvalue weighted by Crippen LogP contribution is 2.10. The smallest absolute Gasteiger partial charge is 0.305 e. The lowest BCUT2D eigenvalue weighted by Crippen LogP contribution is -2.42. The number of aliphatic carboxylic acids is 1. The molecule has 1 heterocycles. The molecule has 1 aromatic rings. The molecule has 0 spiro atoms. The van der Waals surface area contributed by atoms with Crippen LogP contribution in [0.3, 0.4) is 0 Å². The number of amides is 1.